The molecule has 0 N–H and O–H groups in total. The first-order chi connectivity index (χ1) is 8.27. The molecule has 2 rings (SSSR count). The highest BCUT2D eigenvalue weighted by Crippen LogP contribution is 2.47. The van der Waals surface area contributed by atoms with Crippen LogP contribution in [0.4, 0.5) is 4.39 Å². The van der Waals surface area contributed by atoms with Crippen LogP contribution >= 0.6 is 0 Å². The predicted molar refractivity (Wildman–Crippen MR) is 69.5 cm³/mol. The second-order valence-corrected chi connectivity index (χ2v) is 10.6. The summed E-state index contributed by atoms with van der Waals surface area (Å²) in [5, 5.41) is 0. The molecule has 0 spiro atoms. The van der Waals surface area contributed by atoms with E-state index >= 15 is 0 Å². The third kappa shape index (κ3) is 2.25. The van der Waals surface area contributed by atoms with Crippen molar-refractivity contribution in [3.05, 3.63) is 11.8 Å². The van der Waals surface area contributed by atoms with Gasteiger partial charge in [-0.25, -0.2) is 4.39 Å². The summed E-state index contributed by atoms with van der Waals surface area (Å²) in [6.45, 7) is 6.27. The van der Waals surface area contributed by atoms with E-state index in [-0.39, 0.29) is 11.7 Å². The summed E-state index contributed by atoms with van der Waals surface area (Å²) in [5.74, 6) is 0.197. The maximum absolute atomic E-state index is 14.9. The molecule has 3 atom stereocenters. The number of alkyl halides is 1. The van der Waals surface area contributed by atoms with Crippen molar-refractivity contribution in [2.24, 2.45) is 5.92 Å². The average Bonchev–Trinajstić information content (AvgIpc) is 2.53. The van der Waals surface area contributed by atoms with E-state index < -0.39 is 20.1 Å². The smallest absolute Gasteiger partial charge is 0.241 e. The Morgan fingerprint density at radius 2 is 2.11 bits per heavy atom. The van der Waals surface area contributed by atoms with Crippen molar-refractivity contribution in [1.29, 1.82) is 0 Å². The molecule has 1 saturated carbocycles. The Morgan fingerprint density at radius 3 is 2.67 bits per heavy atom. The largest absolute Gasteiger partial charge is 0.547 e. The summed E-state index contributed by atoms with van der Waals surface area (Å²) in [5.41, 5.74) is -1.83. The van der Waals surface area contributed by atoms with E-state index in [1.165, 1.54) is 7.11 Å². The third-order valence-electron chi connectivity index (χ3n) is 3.63. The first kappa shape index (κ1) is 13.7. The molecule has 0 amide bonds. The average molecular weight is 272 g/mol. The quantitative estimate of drug-likeness (QED) is 0.741. The van der Waals surface area contributed by atoms with Gasteiger partial charge in [-0.3, -0.25) is 4.79 Å². The summed E-state index contributed by atoms with van der Waals surface area (Å²) in [6, 6.07) is 0. The molecule has 102 valence electrons. The molecule has 5 heteroatoms. The number of methoxy groups -OCH3 is 1. The fourth-order valence-corrected chi connectivity index (χ4v) is 3.82. The van der Waals surface area contributed by atoms with Crippen molar-refractivity contribution in [2.45, 2.75) is 50.7 Å². The Kier molecular flexibility index (Phi) is 3.40. The van der Waals surface area contributed by atoms with E-state index in [4.69, 9.17) is 9.16 Å². The summed E-state index contributed by atoms with van der Waals surface area (Å²) in [4.78, 5) is 11.8. The zero-order chi connectivity index (χ0) is 13.6. The topological polar surface area (TPSA) is 35.5 Å². The minimum Gasteiger partial charge on any atom is -0.547 e. The number of carbonyl (C=O) groups excluding carboxylic acids is 1. The molecule has 0 aliphatic heterocycles. The Morgan fingerprint density at radius 1 is 1.44 bits per heavy atom. The SMILES string of the molecule is COC1C=C(O[Si](C)(C)C)CC2CCC(=O)C21F. The van der Waals surface area contributed by atoms with Gasteiger partial charge in [0.15, 0.2) is 5.78 Å². The number of ether oxygens (including phenoxy) is 1. The first-order valence-corrected chi connectivity index (χ1v) is 9.83. The van der Waals surface area contributed by atoms with E-state index in [0.29, 0.717) is 19.3 Å². The van der Waals surface area contributed by atoms with Gasteiger partial charge in [0, 0.05) is 25.9 Å². The van der Waals surface area contributed by atoms with Gasteiger partial charge in [-0.15, -0.1) is 0 Å². The molecule has 0 aromatic rings. The van der Waals surface area contributed by atoms with Crippen LogP contribution in [0.25, 0.3) is 0 Å². The maximum Gasteiger partial charge on any atom is 0.241 e. The molecule has 3 nitrogen and oxygen atoms in total. The molecule has 0 aromatic carbocycles. The number of allylic oxidation sites excluding steroid dienone is 1. The molecule has 2 aliphatic carbocycles. The number of Topliss-reactive ketones (excluding diaryl/α,β-unsaturated/α-hetero) is 1. The van der Waals surface area contributed by atoms with Crippen LogP contribution in [-0.2, 0) is 14.0 Å². The number of halogens is 1. The lowest BCUT2D eigenvalue weighted by atomic mass is 9.79. The van der Waals surface area contributed by atoms with Crippen LogP contribution in [0.3, 0.4) is 0 Å². The number of hydrogen-bond donors (Lipinski definition) is 0. The van der Waals surface area contributed by atoms with Crippen LogP contribution in [0.5, 0.6) is 0 Å². The molecule has 2 aliphatic rings. The summed E-state index contributed by atoms with van der Waals surface area (Å²) in [7, 11) is -0.256. The molecule has 1 fully saturated rings. The maximum atomic E-state index is 14.9. The molecule has 0 saturated heterocycles. The monoisotopic (exact) mass is 272 g/mol. The summed E-state index contributed by atoms with van der Waals surface area (Å²) < 4.78 is 26.0. The second-order valence-electron chi connectivity index (χ2n) is 6.13. The highest BCUT2D eigenvalue weighted by molar-refractivity contribution is 6.70. The van der Waals surface area contributed by atoms with Crippen molar-refractivity contribution >= 4 is 14.1 Å². The summed E-state index contributed by atoms with van der Waals surface area (Å²) in [6.07, 6.45) is 2.30. The van der Waals surface area contributed by atoms with Crippen LogP contribution in [0.15, 0.2) is 11.8 Å². The molecule has 0 heterocycles. The number of fused-ring (bicyclic) bond motifs is 1. The van der Waals surface area contributed by atoms with E-state index in [9.17, 15) is 9.18 Å². The highest BCUT2D eigenvalue weighted by atomic mass is 28.4. The second kappa shape index (κ2) is 4.45. The van der Waals surface area contributed by atoms with Gasteiger partial charge in [-0.1, -0.05) is 0 Å². The van der Waals surface area contributed by atoms with E-state index in [1.807, 2.05) is 0 Å². The fourth-order valence-electron chi connectivity index (χ4n) is 2.89. The lowest BCUT2D eigenvalue weighted by Crippen LogP contribution is -2.50. The van der Waals surface area contributed by atoms with Crippen molar-refractivity contribution in [3.8, 4) is 0 Å². The van der Waals surface area contributed by atoms with Crippen molar-refractivity contribution in [3.63, 3.8) is 0 Å². The number of ketones is 1. The van der Waals surface area contributed by atoms with E-state index in [1.54, 1.807) is 6.08 Å². The Labute approximate surface area is 108 Å². The number of rotatable bonds is 3. The molecule has 0 aromatic heterocycles. The molecular formula is C13H21FO3Si. The van der Waals surface area contributed by atoms with Gasteiger partial charge in [0.05, 0.1) is 5.76 Å². The lowest BCUT2D eigenvalue weighted by Gasteiger charge is -2.37. The van der Waals surface area contributed by atoms with Gasteiger partial charge < -0.3 is 9.16 Å². The Bertz CT molecular complexity index is 388. The predicted octanol–water partition coefficient (Wildman–Crippen LogP) is 2.83. The first-order valence-electron chi connectivity index (χ1n) is 6.42. The van der Waals surface area contributed by atoms with Crippen LogP contribution in [-0.4, -0.2) is 33.0 Å². The normalized spacial score (nSPS) is 36.3. The van der Waals surface area contributed by atoms with Gasteiger partial charge >= 0.3 is 0 Å². The molecule has 0 bridgehead atoms. The van der Waals surface area contributed by atoms with Gasteiger partial charge in [0.25, 0.3) is 0 Å². The van der Waals surface area contributed by atoms with Gasteiger partial charge in [0.1, 0.15) is 6.10 Å². The lowest BCUT2D eigenvalue weighted by molar-refractivity contribution is -0.138. The van der Waals surface area contributed by atoms with Gasteiger partial charge in [-0.2, -0.15) is 0 Å². The minimum atomic E-state index is -1.83. The third-order valence-corrected chi connectivity index (χ3v) is 4.51. The zero-order valence-corrected chi connectivity index (χ0v) is 12.5. The molecule has 0 radical (unpaired) electrons. The Hall–Kier alpha value is -0.683. The standard InChI is InChI=1S/C13H21FO3Si/c1-16-12-8-10(17-18(2,3)4)7-9-5-6-11(15)13(9,12)14/h8-9,12H,5-7H2,1-4H3. The van der Waals surface area contributed by atoms with Crippen molar-refractivity contribution in [1.82, 2.24) is 0 Å². The van der Waals surface area contributed by atoms with E-state index in [0.717, 1.165) is 5.76 Å². The van der Waals surface area contributed by atoms with Gasteiger partial charge in [0.2, 0.25) is 14.0 Å². The number of hydrogen-bond acceptors (Lipinski definition) is 3. The van der Waals surface area contributed by atoms with Crippen LogP contribution < -0.4 is 0 Å². The number of carbonyl (C=O) groups is 1. The molecule has 3 unspecified atom stereocenters. The summed E-state index contributed by atoms with van der Waals surface area (Å²) >= 11 is 0. The van der Waals surface area contributed by atoms with Gasteiger partial charge in [-0.05, 0) is 32.1 Å². The van der Waals surface area contributed by atoms with Crippen LogP contribution in [0.1, 0.15) is 19.3 Å². The minimum absolute atomic E-state index is 0.286. The zero-order valence-electron chi connectivity index (χ0n) is 11.5. The fraction of sp³-hybridized carbons (Fsp3) is 0.769. The van der Waals surface area contributed by atoms with Crippen molar-refractivity contribution in [2.75, 3.05) is 7.11 Å². The van der Waals surface area contributed by atoms with Crippen molar-refractivity contribution < 1.29 is 18.3 Å². The molecular weight excluding hydrogens is 251 g/mol. The molecule has 18 heavy (non-hydrogen) atoms. The highest BCUT2D eigenvalue weighted by Gasteiger charge is 2.58. The van der Waals surface area contributed by atoms with Crippen LogP contribution in [0, 0.1) is 5.92 Å². The van der Waals surface area contributed by atoms with Crippen LogP contribution in [0.2, 0.25) is 19.6 Å². The Balaban J connectivity index is 2.27. The van der Waals surface area contributed by atoms with E-state index in [2.05, 4.69) is 19.6 Å².